The van der Waals surface area contributed by atoms with Crippen molar-refractivity contribution in [2.75, 3.05) is 0 Å². The van der Waals surface area contributed by atoms with Crippen molar-refractivity contribution in [3.8, 4) is 0 Å². The Labute approximate surface area is 75.7 Å². The number of nitrogens with one attached hydrogen (secondary N) is 1. The summed E-state index contributed by atoms with van der Waals surface area (Å²) in [5.74, 6) is 0. The predicted molar refractivity (Wildman–Crippen MR) is 52.3 cm³/mol. The van der Waals surface area contributed by atoms with Crippen LogP contribution in [0.5, 0.6) is 0 Å². The number of nitrogens with zero attached hydrogens (tertiary/aromatic N) is 1. The Morgan fingerprint density at radius 2 is 2.15 bits per heavy atom. The average molecular weight is 174 g/mol. The van der Waals surface area contributed by atoms with Crippen LogP contribution in [0.3, 0.4) is 0 Å². The van der Waals surface area contributed by atoms with Crippen molar-refractivity contribution < 1.29 is 5.21 Å². The van der Waals surface area contributed by atoms with Gasteiger partial charge >= 0.3 is 0 Å². The molecule has 0 aliphatic heterocycles. The Morgan fingerprint density at radius 3 is 2.85 bits per heavy atom. The number of H-pyrrole nitrogens is 1. The van der Waals surface area contributed by atoms with Crippen molar-refractivity contribution in [2.45, 2.75) is 6.92 Å². The van der Waals surface area contributed by atoms with E-state index in [-0.39, 0.29) is 0 Å². The summed E-state index contributed by atoms with van der Waals surface area (Å²) in [6.45, 7) is 1.75. The molecule has 0 atom stereocenters. The van der Waals surface area contributed by atoms with Crippen LogP contribution in [0.25, 0.3) is 10.9 Å². The topological polar surface area (TPSA) is 48.4 Å². The van der Waals surface area contributed by atoms with E-state index in [1.165, 1.54) is 0 Å². The standard InChI is InChI=1S/C10H10N2O/c1-7(12-13)10-6-8-4-2-3-5-9(8)11-10/h2-6,11,13H,1H3/b12-7+. The molecule has 1 heterocycles. The van der Waals surface area contributed by atoms with Gasteiger partial charge in [-0.15, -0.1) is 0 Å². The molecule has 0 radical (unpaired) electrons. The van der Waals surface area contributed by atoms with E-state index < -0.39 is 0 Å². The summed E-state index contributed by atoms with van der Waals surface area (Å²) in [4.78, 5) is 3.16. The van der Waals surface area contributed by atoms with Gasteiger partial charge in [-0.2, -0.15) is 0 Å². The molecule has 0 fully saturated rings. The average Bonchev–Trinajstić information content (AvgIpc) is 2.59. The van der Waals surface area contributed by atoms with Gasteiger partial charge in [0.2, 0.25) is 0 Å². The molecule has 0 bridgehead atoms. The number of rotatable bonds is 1. The van der Waals surface area contributed by atoms with Crippen LogP contribution in [0.2, 0.25) is 0 Å². The number of aromatic nitrogens is 1. The highest BCUT2D eigenvalue weighted by atomic mass is 16.4. The first kappa shape index (κ1) is 7.86. The molecule has 1 aromatic heterocycles. The molecular weight excluding hydrogens is 164 g/mol. The number of hydrogen-bond donors (Lipinski definition) is 2. The van der Waals surface area contributed by atoms with Crippen LogP contribution in [0.15, 0.2) is 35.5 Å². The third-order valence-corrected chi connectivity index (χ3v) is 2.07. The highest BCUT2D eigenvalue weighted by Crippen LogP contribution is 2.14. The maximum Gasteiger partial charge on any atom is 0.0999 e. The summed E-state index contributed by atoms with van der Waals surface area (Å²) in [6, 6.07) is 9.91. The third kappa shape index (κ3) is 1.28. The van der Waals surface area contributed by atoms with Gasteiger partial charge in [-0.1, -0.05) is 23.4 Å². The quantitative estimate of drug-likeness (QED) is 0.389. The van der Waals surface area contributed by atoms with Crippen molar-refractivity contribution in [1.29, 1.82) is 0 Å². The van der Waals surface area contributed by atoms with E-state index in [0.29, 0.717) is 5.71 Å². The second kappa shape index (κ2) is 2.94. The van der Waals surface area contributed by atoms with Crippen LogP contribution in [-0.4, -0.2) is 15.9 Å². The lowest BCUT2D eigenvalue weighted by Gasteiger charge is -1.89. The van der Waals surface area contributed by atoms with Gasteiger partial charge in [0.1, 0.15) is 0 Å². The first-order valence-corrected chi connectivity index (χ1v) is 4.08. The van der Waals surface area contributed by atoms with Crippen LogP contribution in [-0.2, 0) is 0 Å². The van der Waals surface area contributed by atoms with Gasteiger partial charge in [0.25, 0.3) is 0 Å². The molecule has 3 nitrogen and oxygen atoms in total. The van der Waals surface area contributed by atoms with Gasteiger partial charge in [0.05, 0.1) is 11.4 Å². The highest BCUT2D eigenvalue weighted by Gasteiger charge is 2.01. The molecule has 1 aromatic carbocycles. The minimum atomic E-state index is 0.594. The van der Waals surface area contributed by atoms with Crippen molar-refractivity contribution in [2.24, 2.45) is 5.16 Å². The second-order valence-corrected chi connectivity index (χ2v) is 2.96. The zero-order chi connectivity index (χ0) is 9.26. The molecule has 0 aliphatic rings. The fourth-order valence-electron chi connectivity index (χ4n) is 1.32. The maximum absolute atomic E-state index is 8.58. The van der Waals surface area contributed by atoms with Gasteiger partial charge in [-0.3, -0.25) is 0 Å². The number of fused-ring (bicyclic) bond motifs is 1. The molecule has 0 saturated carbocycles. The highest BCUT2D eigenvalue weighted by molar-refractivity contribution is 6.00. The van der Waals surface area contributed by atoms with E-state index in [4.69, 9.17) is 5.21 Å². The Hall–Kier alpha value is -1.77. The lowest BCUT2D eigenvalue weighted by Crippen LogP contribution is -1.93. The number of benzene rings is 1. The summed E-state index contributed by atoms with van der Waals surface area (Å²) in [5, 5.41) is 12.8. The molecule has 0 unspecified atom stereocenters. The number of para-hydroxylation sites is 1. The summed E-state index contributed by atoms with van der Waals surface area (Å²) < 4.78 is 0. The van der Waals surface area contributed by atoms with Crippen LogP contribution in [0, 0.1) is 0 Å². The lowest BCUT2D eigenvalue weighted by molar-refractivity contribution is 0.319. The van der Waals surface area contributed by atoms with Crippen molar-refractivity contribution in [1.82, 2.24) is 4.98 Å². The summed E-state index contributed by atoms with van der Waals surface area (Å²) in [7, 11) is 0. The van der Waals surface area contributed by atoms with Gasteiger partial charge in [-0.05, 0) is 19.1 Å². The summed E-state index contributed by atoms with van der Waals surface area (Å²) in [5.41, 5.74) is 2.50. The summed E-state index contributed by atoms with van der Waals surface area (Å²) in [6.07, 6.45) is 0. The monoisotopic (exact) mass is 174 g/mol. The molecule has 2 aromatic rings. The van der Waals surface area contributed by atoms with Crippen LogP contribution >= 0.6 is 0 Å². The Morgan fingerprint density at radius 1 is 1.38 bits per heavy atom. The van der Waals surface area contributed by atoms with E-state index >= 15 is 0 Å². The smallest absolute Gasteiger partial charge is 0.0999 e. The minimum absolute atomic E-state index is 0.594. The van der Waals surface area contributed by atoms with Crippen molar-refractivity contribution in [3.05, 3.63) is 36.0 Å². The van der Waals surface area contributed by atoms with Gasteiger partial charge in [0.15, 0.2) is 0 Å². The lowest BCUT2D eigenvalue weighted by atomic mass is 10.2. The largest absolute Gasteiger partial charge is 0.411 e. The van der Waals surface area contributed by atoms with Crippen LogP contribution in [0.1, 0.15) is 12.6 Å². The first-order valence-electron chi connectivity index (χ1n) is 4.08. The zero-order valence-corrected chi connectivity index (χ0v) is 7.28. The van der Waals surface area contributed by atoms with Crippen LogP contribution < -0.4 is 0 Å². The molecule has 66 valence electrons. The third-order valence-electron chi connectivity index (χ3n) is 2.07. The van der Waals surface area contributed by atoms with E-state index in [0.717, 1.165) is 16.6 Å². The van der Waals surface area contributed by atoms with E-state index in [9.17, 15) is 0 Å². The molecule has 13 heavy (non-hydrogen) atoms. The fourth-order valence-corrected chi connectivity index (χ4v) is 1.32. The zero-order valence-electron chi connectivity index (χ0n) is 7.28. The molecule has 0 amide bonds. The fraction of sp³-hybridized carbons (Fsp3) is 0.100. The molecular formula is C10H10N2O. The molecule has 2 rings (SSSR count). The van der Waals surface area contributed by atoms with Gasteiger partial charge in [0, 0.05) is 10.9 Å². The van der Waals surface area contributed by atoms with E-state index in [2.05, 4.69) is 10.1 Å². The second-order valence-electron chi connectivity index (χ2n) is 2.96. The van der Waals surface area contributed by atoms with Crippen molar-refractivity contribution in [3.63, 3.8) is 0 Å². The van der Waals surface area contributed by atoms with Gasteiger partial charge < -0.3 is 10.2 Å². The molecule has 0 aliphatic carbocycles. The molecule has 0 spiro atoms. The number of aromatic amines is 1. The molecule has 3 heteroatoms. The number of hydrogen-bond acceptors (Lipinski definition) is 2. The number of oxime groups is 1. The SMILES string of the molecule is C/C(=N\O)c1cc2ccccc2[nH]1. The maximum atomic E-state index is 8.58. The predicted octanol–water partition coefficient (Wildman–Crippen LogP) is 2.37. The van der Waals surface area contributed by atoms with Crippen molar-refractivity contribution >= 4 is 16.6 Å². The molecule has 2 N–H and O–H groups in total. The van der Waals surface area contributed by atoms with Crippen LogP contribution in [0.4, 0.5) is 0 Å². The first-order chi connectivity index (χ1) is 6.31. The normalized spacial score (nSPS) is 12.2. The van der Waals surface area contributed by atoms with Gasteiger partial charge in [-0.25, -0.2) is 0 Å². The minimum Gasteiger partial charge on any atom is -0.411 e. The Bertz CT molecular complexity index is 424. The summed E-state index contributed by atoms with van der Waals surface area (Å²) >= 11 is 0. The van der Waals surface area contributed by atoms with E-state index in [1.807, 2.05) is 30.3 Å². The Kier molecular flexibility index (Phi) is 1.77. The molecule has 0 saturated heterocycles. The Balaban J connectivity index is 2.62. The van der Waals surface area contributed by atoms with E-state index in [1.54, 1.807) is 6.92 Å².